The van der Waals surface area contributed by atoms with Crippen LogP contribution in [0.15, 0.2) is 48.7 Å². The van der Waals surface area contributed by atoms with Crippen LogP contribution >= 0.6 is 0 Å². The summed E-state index contributed by atoms with van der Waals surface area (Å²) in [6.07, 6.45) is 0.362. The van der Waals surface area contributed by atoms with E-state index in [9.17, 15) is 22.4 Å². The second-order valence-electron chi connectivity index (χ2n) is 8.45. The number of hydrogen-bond acceptors (Lipinski definition) is 4. The van der Waals surface area contributed by atoms with Gasteiger partial charge >= 0.3 is 6.18 Å². The van der Waals surface area contributed by atoms with Gasteiger partial charge in [-0.05, 0) is 68.4 Å². The summed E-state index contributed by atoms with van der Waals surface area (Å²) in [6, 6.07) is 8.96. The van der Waals surface area contributed by atoms with Crippen molar-refractivity contribution >= 4 is 11.6 Å². The molecular weight excluding hydrogens is 464 g/mol. The van der Waals surface area contributed by atoms with Crippen molar-refractivity contribution in [2.24, 2.45) is 7.05 Å². The van der Waals surface area contributed by atoms with Crippen LogP contribution in [0.25, 0.3) is 11.3 Å². The zero-order chi connectivity index (χ0) is 25.0. The predicted molar refractivity (Wildman–Crippen MR) is 124 cm³/mol. The number of nitrogens with one attached hydrogen (secondary N) is 1. The van der Waals surface area contributed by atoms with E-state index in [2.05, 4.69) is 15.3 Å². The Morgan fingerprint density at radius 1 is 1.09 bits per heavy atom. The molecule has 10 heteroatoms. The summed E-state index contributed by atoms with van der Waals surface area (Å²) in [5.74, 6) is -1.62. The Morgan fingerprint density at radius 2 is 1.86 bits per heavy atom. The molecule has 1 fully saturated rings. The first-order valence-corrected chi connectivity index (χ1v) is 11.4. The van der Waals surface area contributed by atoms with Crippen LogP contribution in [0.1, 0.15) is 35.2 Å². The molecule has 0 aliphatic carbocycles. The van der Waals surface area contributed by atoms with E-state index < -0.39 is 23.5 Å². The number of likely N-dealkylation sites (tertiary alicyclic amines) is 1. The van der Waals surface area contributed by atoms with Gasteiger partial charge in [0.2, 0.25) is 0 Å². The maximum absolute atomic E-state index is 13.6. The van der Waals surface area contributed by atoms with Gasteiger partial charge in [0.15, 0.2) is 0 Å². The largest absolute Gasteiger partial charge is 0.492 e. The Bertz CT molecular complexity index is 1190. The second kappa shape index (κ2) is 10.5. The van der Waals surface area contributed by atoms with Crippen molar-refractivity contribution in [2.75, 3.05) is 31.6 Å². The Hall–Kier alpha value is -3.40. The SMILES string of the molecule is Cn1nccc1-c1cc(NC(=O)c2ccc(F)c(C(F)(F)F)c2)ccc1OCCN1CCCCC1. The molecule has 2 aromatic carbocycles. The zero-order valence-corrected chi connectivity index (χ0v) is 19.2. The summed E-state index contributed by atoms with van der Waals surface area (Å²) >= 11 is 0. The molecule has 0 bridgehead atoms. The Kier molecular flexibility index (Phi) is 7.39. The lowest BCUT2D eigenvalue weighted by molar-refractivity contribution is -0.140. The van der Waals surface area contributed by atoms with Gasteiger partial charge in [-0.25, -0.2) is 4.39 Å². The maximum Gasteiger partial charge on any atom is 0.419 e. The standard InChI is InChI=1S/C25H26F4N4O2/c1-32-22(9-10-30-32)19-16-18(6-8-23(19)35-14-13-33-11-3-2-4-12-33)31-24(34)17-5-7-21(26)20(15-17)25(27,28)29/h5-10,15-16H,2-4,11-14H2,1H3,(H,31,34). The third-order valence-corrected chi connectivity index (χ3v) is 5.98. The number of aryl methyl sites for hydroxylation is 1. The van der Waals surface area contributed by atoms with Crippen LogP contribution < -0.4 is 10.1 Å². The number of halogens is 4. The van der Waals surface area contributed by atoms with E-state index in [1.165, 1.54) is 19.3 Å². The van der Waals surface area contributed by atoms with Crippen LogP contribution in [0.2, 0.25) is 0 Å². The Morgan fingerprint density at radius 3 is 2.54 bits per heavy atom. The first-order chi connectivity index (χ1) is 16.7. The monoisotopic (exact) mass is 490 g/mol. The van der Waals surface area contributed by atoms with Crippen molar-refractivity contribution in [2.45, 2.75) is 25.4 Å². The topological polar surface area (TPSA) is 59.4 Å². The minimum atomic E-state index is -4.90. The van der Waals surface area contributed by atoms with Crippen molar-refractivity contribution in [3.05, 3.63) is 65.6 Å². The average Bonchev–Trinajstić information content (AvgIpc) is 3.25. The smallest absolute Gasteiger partial charge is 0.419 e. The number of ether oxygens (including phenoxy) is 1. The van der Waals surface area contributed by atoms with Gasteiger partial charge in [0.05, 0.1) is 11.3 Å². The van der Waals surface area contributed by atoms with Gasteiger partial charge in [-0.1, -0.05) is 6.42 Å². The highest BCUT2D eigenvalue weighted by molar-refractivity contribution is 6.04. The maximum atomic E-state index is 13.6. The number of benzene rings is 2. The number of rotatable bonds is 7. The quantitative estimate of drug-likeness (QED) is 0.453. The van der Waals surface area contributed by atoms with Crippen molar-refractivity contribution in [1.29, 1.82) is 0 Å². The Labute approximate surface area is 200 Å². The van der Waals surface area contributed by atoms with E-state index in [0.717, 1.165) is 31.4 Å². The lowest BCUT2D eigenvalue weighted by Gasteiger charge is -2.26. The summed E-state index contributed by atoms with van der Waals surface area (Å²) in [5, 5.41) is 6.78. The fourth-order valence-electron chi connectivity index (χ4n) is 4.13. The molecule has 1 N–H and O–H groups in total. The first kappa shape index (κ1) is 24.7. The van der Waals surface area contributed by atoms with E-state index in [1.54, 1.807) is 42.2 Å². The number of amides is 1. The third kappa shape index (κ3) is 6.00. The van der Waals surface area contributed by atoms with Gasteiger partial charge < -0.3 is 10.1 Å². The molecule has 4 rings (SSSR count). The number of piperidine rings is 1. The van der Waals surface area contributed by atoms with Crippen LogP contribution in [0, 0.1) is 5.82 Å². The van der Waals surface area contributed by atoms with Gasteiger partial charge in [-0.2, -0.15) is 18.3 Å². The minimum absolute atomic E-state index is 0.303. The molecule has 1 saturated heterocycles. The van der Waals surface area contributed by atoms with Crippen LogP contribution in [-0.4, -0.2) is 46.8 Å². The van der Waals surface area contributed by atoms with Gasteiger partial charge in [0.25, 0.3) is 5.91 Å². The zero-order valence-electron chi connectivity index (χ0n) is 19.2. The van der Waals surface area contributed by atoms with E-state index >= 15 is 0 Å². The highest BCUT2D eigenvalue weighted by Gasteiger charge is 2.34. The molecule has 35 heavy (non-hydrogen) atoms. The van der Waals surface area contributed by atoms with Crippen LogP contribution in [0.4, 0.5) is 23.2 Å². The molecule has 0 spiro atoms. The number of aromatic nitrogens is 2. The highest BCUT2D eigenvalue weighted by atomic mass is 19.4. The second-order valence-corrected chi connectivity index (χ2v) is 8.45. The van der Waals surface area contributed by atoms with Crippen LogP contribution in [-0.2, 0) is 13.2 Å². The normalized spacial score (nSPS) is 14.7. The number of alkyl halides is 3. The third-order valence-electron chi connectivity index (χ3n) is 5.98. The molecule has 1 aliphatic heterocycles. The Balaban J connectivity index is 1.54. The molecule has 0 unspecified atom stereocenters. The van der Waals surface area contributed by atoms with Crippen LogP contribution in [0.5, 0.6) is 5.75 Å². The highest BCUT2D eigenvalue weighted by Crippen LogP contribution is 2.34. The summed E-state index contributed by atoms with van der Waals surface area (Å²) < 4.78 is 60.4. The van der Waals surface area contributed by atoms with E-state index in [4.69, 9.17) is 4.74 Å². The lowest BCUT2D eigenvalue weighted by atomic mass is 10.1. The molecule has 186 valence electrons. The van der Waals surface area contributed by atoms with Gasteiger partial charge in [-0.3, -0.25) is 14.4 Å². The van der Waals surface area contributed by atoms with Crippen molar-refractivity contribution in [1.82, 2.24) is 14.7 Å². The van der Waals surface area contributed by atoms with Crippen molar-refractivity contribution in [3.8, 4) is 17.0 Å². The van der Waals surface area contributed by atoms with Crippen molar-refractivity contribution in [3.63, 3.8) is 0 Å². The molecular formula is C25H26F4N4O2. The summed E-state index contributed by atoms with van der Waals surface area (Å²) in [6.45, 7) is 3.41. The van der Waals surface area contributed by atoms with E-state index in [-0.39, 0.29) is 5.56 Å². The predicted octanol–water partition coefficient (Wildman–Crippen LogP) is 5.36. The van der Waals surface area contributed by atoms with Gasteiger partial charge in [0.1, 0.15) is 18.2 Å². The molecule has 1 amide bonds. The molecule has 2 heterocycles. The molecule has 6 nitrogen and oxygen atoms in total. The molecule has 0 radical (unpaired) electrons. The number of hydrogen-bond donors (Lipinski definition) is 1. The minimum Gasteiger partial charge on any atom is -0.492 e. The number of carbonyl (C=O) groups excluding carboxylic acids is 1. The summed E-state index contributed by atoms with van der Waals surface area (Å²) in [7, 11) is 1.77. The molecule has 0 saturated carbocycles. The fourth-order valence-corrected chi connectivity index (χ4v) is 4.13. The lowest BCUT2D eigenvalue weighted by Crippen LogP contribution is -2.33. The van der Waals surface area contributed by atoms with E-state index in [1.807, 2.05) is 0 Å². The average molecular weight is 491 g/mol. The van der Waals surface area contributed by atoms with Gasteiger partial charge in [0, 0.05) is 36.6 Å². The van der Waals surface area contributed by atoms with E-state index in [0.29, 0.717) is 35.7 Å². The van der Waals surface area contributed by atoms with Crippen LogP contribution in [0.3, 0.4) is 0 Å². The molecule has 1 aromatic heterocycles. The van der Waals surface area contributed by atoms with Gasteiger partial charge in [-0.15, -0.1) is 0 Å². The number of anilines is 1. The number of nitrogens with zero attached hydrogens (tertiary/aromatic N) is 3. The molecule has 3 aromatic rings. The first-order valence-electron chi connectivity index (χ1n) is 11.4. The molecule has 0 atom stereocenters. The molecule has 1 aliphatic rings. The fraction of sp³-hybridized carbons (Fsp3) is 0.360. The van der Waals surface area contributed by atoms with Crippen molar-refractivity contribution < 1.29 is 27.1 Å². The number of carbonyl (C=O) groups is 1. The summed E-state index contributed by atoms with van der Waals surface area (Å²) in [4.78, 5) is 15.0. The summed E-state index contributed by atoms with van der Waals surface area (Å²) in [5.41, 5.74) is -0.0138.